The Morgan fingerprint density at radius 3 is 3.06 bits per heavy atom. The number of aryl methyl sites for hydroxylation is 1. The summed E-state index contributed by atoms with van der Waals surface area (Å²) in [5.41, 5.74) is 2.06. The van der Waals surface area contributed by atoms with Crippen LogP contribution >= 0.6 is 0 Å². The first kappa shape index (κ1) is 12.1. The van der Waals surface area contributed by atoms with Crippen LogP contribution in [-0.2, 0) is 6.54 Å². The Labute approximate surface area is 103 Å². The zero-order valence-electron chi connectivity index (χ0n) is 10.5. The van der Waals surface area contributed by atoms with Gasteiger partial charge in [0.1, 0.15) is 0 Å². The predicted octanol–water partition coefficient (Wildman–Crippen LogP) is 3.37. The van der Waals surface area contributed by atoms with Crippen LogP contribution in [0.5, 0.6) is 0 Å². The molecular formula is C14H20N2O. The summed E-state index contributed by atoms with van der Waals surface area (Å²) in [5.74, 6) is 0.209. The Balaban J connectivity index is 1.96. The van der Waals surface area contributed by atoms with Crippen molar-refractivity contribution in [1.29, 1.82) is 0 Å². The Kier molecular flexibility index (Phi) is 4.13. The molecule has 0 aromatic carbocycles. The fraction of sp³-hybridized carbons (Fsp3) is 0.571. The van der Waals surface area contributed by atoms with Crippen LogP contribution in [0.15, 0.2) is 24.0 Å². The topological polar surface area (TPSA) is 34.9 Å². The molecule has 1 aromatic heterocycles. The lowest BCUT2D eigenvalue weighted by Crippen LogP contribution is -2.02. The summed E-state index contributed by atoms with van der Waals surface area (Å²) in [6, 6.07) is 0. The Morgan fingerprint density at radius 1 is 1.47 bits per heavy atom. The number of hydrogen-bond donors (Lipinski definition) is 0. The number of carbonyl (C=O) groups excluding carboxylic acids is 1. The summed E-state index contributed by atoms with van der Waals surface area (Å²) < 4.78 is 1.85. The van der Waals surface area contributed by atoms with E-state index in [0.29, 0.717) is 6.42 Å². The quantitative estimate of drug-likeness (QED) is 0.576. The van der Waals surface area contributed by atoms with Crippen LogP contribution in [0.1, 0.15) is 55.8 Å². The van der Waals surface area contributed by atoms with E-state index in [0.717, 1.165) is 31.4 Å². The Morgan fingerprint density at radius 2 is 2.35 bits per heavy atom. The molecule has 0 spiro atoms. The minimum atomic E-state index is 0.209. The fourth-order valence-corrected chi connectivity index (χ4v) is 2.23. The summed E-state index contributed by atoms with van der Waals surface area (Å²) >= 11 is 0. The van der Waals surface area contributed by atoms with Gasteiger partial charge in [-0.05, 0) is 32.1 Å². The molecule has 0 unspecified atom stereocenters. The minimum Gasteiger partial charge on any atom is -0.294 e. The van der Waals surface area contributed by atoms with E-state index in [9.17, 15) is 4.79 Å². The van der Waals surface area contributed by atoms with Crippen molar-refractivity contribution in [3.63, 3.8) is 0 Å². The molecule has 3 heteroatoms. The van der Waals surface area contributed by atoms with Gasteiger partial charge in [-0.2, -0.15) is 5.10 Å². The molecule has 0 aliphatic heterocycles. The lowest BCUT2D eigenvalue weighted by atomic mass is 9.94. The van der Waals surface area contributed by atoms with Crippen molar-refractivity contribution in [3.05, 3.63) is 29.6 Å². The molecule has 0 radical (unpaired) electrons. The number of carbonyl (C=O) groups is 1. The van der Waals surface area contributed by atoms with E-state index in [1.54, 1.807) is 6.20 Å². The summed E-state index contributed by atoms with van der Waals surface area (Å²) in [7, 11) is 0. The smallest absolute Gasteiger partial charge is 0.170 e. The van der Waals surface area contributed by atoms with Crippen LogP contribution in [0.3, 0.4) is 0 Å². The SMILES string of the molecule is CCCn1cc(C(=O)CC2=CCCCC2)cn1. The Hall–Kier alpha value is -1.38. The van der Waals surface area contributed by atoms with Gasteiger partial charge in [-0.3, -0.25) is 9.48 Å². The largest absolute Gasteiger partial charge is 0.294 e. The molecule has 0 amide bonds. The van der Waals surface area contributed by atoms with Crippen LogP contribution in [0, 0.1) is 0 Å². The van der Waals surface area contributed by atoms with Gasteiger partial charge in [-0.15, -0.1) is 0 Å². The molecule has 0 saturated carbocycles. The number of allylic oxidation sites excluding steroid dienone is 2. The Bertz CT molecular complexity index is 418. The first-order valence-corrected chi connectivity index (χ1v) is 6.53. The maximum atomic E-state index is 12.0. The van der Waals surface area contributed by atoms with Gasteiger partial charge in [0.05, 0.1) is 11.8 Å². The predicted molar refractivity (Wildman–Crippen MR) is 68.0 cm³/mol. The van der Waals surface area contributed by atoms with E-state index in [1.165, 1.54) is 18.4 Å². The van der Waals surface area contributed by atoms with E-state index in [2.05, 4.69) is 18.1 Å². The number of nitrogens with zero attached hydrogens (tertiary/aromatic N) is 2. The van der Waals surface area contributed by atoms with Crippen molar-refractivity contribution in [1.82, 2.24) is 9.78 Å². The molecular weight excluding hydrogens is 212 g/mol. The second kappa shape index (κ2) is 5.80. The summed E-state index contributed by atoms with van der Waals surface area (Å²) in [6.45, 7) is 2.99. The lowest BCUT2D eigenvalue weighted by molar-refractivity contribution is 0.0991. The second-order valence-corrected chi connectivity index (χ2v) is 4.70. The average Bonchev–Trinajstić information content (AvgIpc) is 2.79. The third-order valence-corrected chi connectivity index (χ3v) is 3.18. The highest BCUT2D eigenvalue weighted by molar-refractivity contribution is 5.97. The zero-order chi connectivity index (χ0) is 12.1. The van der Waals surface area contributed by atoms with Crippen molar-refractivity contribution >= 4 is 5.78 Å². The highest BCUT2D eigenvalue weighted by atomic mass is 16.1. The lowest BCUT2D eigenvalue weighted by Gasteiger charge is -2.10. The van der Waals surface area contributed by atoms with Gasteiger partial charge in [-0.1, -0.05) is 18.6 Å². The van der Waals surface area contributed by atoms with Crippen LogP contribution in [0.25, 0.3) is 0 Å². The molecule has 0 bridgehead atoms. The molecule has 0 fully saturated rings. The van der Waals surface area contributed by atoms with E-state index in [1.807, 2.05) is 10.9 Å². The third-order valence-electron chi connectivity index (χ3n) is 3.18. The van der Waals surface area contributed by atoms with Gasteiger partial charge in [0, 0.05) is 19.2 Å². The van der Waals surface area contributed by atoms with Crippen molar-refractivity contribution in [2.24, 2.45) is 0 Å². The fourth-order valence-electron chi connectivity index (χ4n) is 2.23. The highest BCUT2D eigenvalue weighted by Crippen LogP contribution is 2.21. The summed E-state index contributed by atoms with van der Waals surface area (Å²) in [5, 5.41) is 4.20. The first-order valence-electron chi connectivity index (χ1n) is 6.53. The number of hydrogen-bond acceptors (Lipinski definition) is 2. The van der Waals surface area contributed by atoms with Crippen LogP contribution in [0.2, 0.25) is 0 Å². The normalized spacial score (nSPS) is 15.7. The van der Waals surface area contributed by atoms with E-state index in [4.69, 9.17) is 0 Å². The monoisotopic (exact) mass is 232 g/mol. The molecule has 1 heterocycles. The maximum absolute atomic E-state index is 12.0. The molecule has 92 valence electrons. The summed E-state index contributed by atoms with van der Waals surface area (Å²) in [4.78, 5) is 12.0. The molecule has 0 N–H and O–H groups in total. The van der Waals surface area contributed by atoms with Crippen molar-refractivity contribution < 1.29 is 4.79 Å². The third kappa shape index (κ3) is 3.29. The van der Waals surface area contributed by atoms with Crippen molar-refractivity contribution in [3.8, 4) is 0 Å². The molecule has 1 aliphatic carbocycles. The van der Waals surface area contributed by atoms with Crippen molar-refractivity contribution in [2.45, 2.75) is 52.0 Å². The van der Waals surface area contributed by atoms with Gasteiger partial charge in [0.25, 0.3) is 0 Å². The number of aromatic nitrogens is 2. The van der Waals surface area contributed by atoms with Crippen LogP contribution in [-0.4, -0.2) is 15.6 Å². The van der Waals surface area contributed by atoms with E-state index in [-0.39, 0.29) is 5.78 Å². The minimum absolute atomic E-state index is 0.209. The zero-order valence-corrected chi connectivity index (χ0v) is 10.5. The summed E-state index contributed by atoms with van der Waals surface area (Å²) in [6.07, 6.45) is 12.2. The molecule has 0 saturated heterocycles. The van der Waals surface area contributed by atoms with E-state index >= 15 is 0 Å². The van der Waals surface area contributed by atoms with Gasteiger partial charge in [0.15, 0.2) is 5.78 Å². The average molecular weight is 232 g/mol. The van der Waals surface area contributed by atoms with Gasteiger partial charge < -0.3 is 0 Å². The standard InChI is InChI=1S/C14H20N2O/c1-2-8-16-11-13(10-15-16)14(17)9-12-6-4-3-5-7-12/h6,10-11H,2-5,7-9H2,1H3. The molecule has 2 rings (SSSR count). The molecule has 0 atom stereocenters. The molecule has 17 heavy (non-hydrogen) atoms. The number of ketones is 1. The highest BCUT2D eigenvalue weighted by Gasteiger charge is 2.12. The van der Waals surface area contributed by atoms with Gasteiger partial charge in [-0.25, -0.2) is 0 Å². The number of rotatable bonds is 5. The first-order chi connectivity index (χ1) is 8.29. The molecule has 1 aromatic rings. The van der Waals surface area contributed by atoms with Gasteiger partial charge in [0.2, 0.25) is 0 Å². The number of Topliss-reactive ketones (excluding diaryl/α,β-unsaturated/α-hetero) is 1. The van der Waals surface area contributed by atoms with E-state index < -0.39 is 0 Å². The molecule has 1 aliphatic rings. The van der Waals surface area contributed by atoms with Gasteiger partial charge >= 0.3 is 0 Å². The van der Waals surface area contributed by atoms with Crippen LogP contribution in [0.4, 0.5) is 0 Å². The van der Waals surface area contributed by atoms with Crippen LogP contribution < -0.4 is 0 Å². The second-order valence-electron chi connectivity index (χ2n) is 4.70. The maximum Gasteiger partial charge on any atom is 0.170 e. The van der Waals surface area contributed by atoms with Crippen molar-refractivity contribution in [2.75, 3.05) is 0 Å². The molecule has 3 nitrogen and oxygen atoms in total.